The predicted molar refractivity (Wildman–Crippen MR) is 113 cm³/mol. The lowest BCUT2D eigenvalue weighted by Crippen LogP contribution is -2.39. The van der Waals surface area contributed by atoms with Crippen molar-refractivity contribution in [1.82, 2.24) is 9.80 Å². The van der Waals surface area contributed by atoms with Crippen molar-refractivity contribution in [3.63, 3.8) is 0 Å². The number of halogens is 2. The average molecular weight is 411 g/mol. The lowest BCUT2D eigenvalue weighted by molar-refractivity contribution is -0.195. The van der Waals surface area contributed by atoms with Crippen LogP contribution < -0.4 is 4.89 Å². The van der Waals surface area contributed by atoms with Gasteiger partial charge in [-0.05, 0) is 38.1 Å². The lowest BCUT2D eigenvalue weighted by Gasteiger charge is -2.37. The fraction of sp³-hybridized carbons (Fsp3) is 0.429. The number of likely N-dealkylation sites (N-methyl/N-ethyl adjacent to an activating group) is 2. The Morgan fingerprint density at radius 1 is 1.11 bits per heavy atom. The molecule has 0 fully saturated rings. The molecule has 0 amide bonds. The van der Waals surface area contributed by atoms with Gasteiger partial charge in [-0.25, -0.2) is 0 Å². The first-order valence-electron chi connectivity index (χ1n) is 9.09. The highest BCUT2D eigenvalue weighted by molar-refractivity contribution is 5.85. The third kappa shape index (κ3) is 4.76. The smallest absolute Gasteiger partial charge is 0.174 e. The highest BCUT2D eigenvalue weighted by Crippen LogP contribution is 2.39. The van der Waals surface area contributed by atoms with E-state index in [-0.39, 0.29) is 24.8 Å². The van der Waals surface area contributed by atoms with Gasteiger partial charge in [0.15, 0.2) is 5.75 Å². The third-order valence-corrected chi connectivity index (χ3v) is 5.45. The number of rotatable bonds is 5. The molecule has 2 aromatic carbocycles. The van der Waals surface area contributed by atoms with Crippen molar-refractivity contribution in [2.45, 2.75) is 25.5 Å². The molecular weight excluding hydrogens is 383 g/mol. The largest absolute Gasteiger partial charge is 0.337 e. The molecule has 0 bridgehead atoms. The first kappa shape index (κ1) is 22.0. The summed E-state index contributed by atoms with van der Waals surface area (Å²) in [4.78, 5) is 15.5. The minimum absolute atomic E-state index is 0. The summed E-state index contributed by atoms with van der Waals surface area (Å²) in [5.74, 6) is 0.975. The molecule has 0 radical (unpaired) electrons. The number of fused-ring (bicyclic) bond motifs is 3. The van der Waals surface area contributed by atoms with Crippen LogP contribution in [0.3, 0.4) is 0 Å². The van der Waals surface area contributed by atoms with E-state index in [0.717, 1.165) is 38.2 Å². The van der Waals surface area contributed by atoms with E-state index in [1.165, 1.54) is 22.3 Å². The molecule has 27 heavy (non-hydrogen) atoms. The molecule has 2 aliphatic rings. The summed E-state index contributed by atoms with van der Waals surface area (Å²) in [6.45, 7) is 3.72. The summed E-state index contributed by atoms with van der Waals surface area (Å²) in [5, 5.41) is 0. The SMILES string of the molecule is CN(CCc1ccccc1)CC1c2ccc3c(c2CCN1C)OOC3.Cl.Cl. The number of benzene rings is 2. The maximum Gasteiger partial charge on any atom is 0.174 e. The summed E-state index contributed by atoms with van der Waals surface area (Å²) in [6, 6.07) is 15.6. The first-order valence-corrected chi connectivity index (χ1v) is 9.09. The van der Waals surface area contributed by atoms with Crippen LogP contribution in [-0.2, 0) is 24.3 Å². The summed E-state index contributed by atoms with van der Waals surface area (Å²) >= 11 is 0. The highest BCUT2D eigenvalue weighted by Gasteiger charge is 2.31. The maximum absolute atomic E-state index is 5.46. The van der Waals surface area contributed by atoms with Crippen LogP contribution in [0.4, 0.5) is 0 Å². The lowest BCUT2D eigenvalue weighted by atomic mass is 9.90. The monoisotopic (exact) mass is 410 g/mol. The molecule has 2 aliphatic heterocycles. The van der Waals surface area contributed by atoms with E-state index in [0.29, 0.717) is 12.6 Å². The second-order valence-corrected chi connectivity index (χ2v) is 7.21. The Bertz CT molecular complexity index is 742. The molecule has 2 aromatic rings. The number of hydrogen-bond acceptors (Lipinski definition) is 4. The van der Waals surface area contributed by atoms with E-state index in [4.69, 9.17) is 9.78 Å². The molecule has 2 heterocycles. The zero-order valence-electron chi connectivity index (χ0n) is 15.9. The summed E-state index contributed by atoms with van der Waals surface area (Å²) < 4.78 is 0. The zero-order chi connectivity index (χ0) is 17.2. The van der Waals surface area contributed by atoms with Crippen LogP contribution in [0.1, 0.15) is 28.3 Å². The number of hydrogen-bond donors (Lipinski definition) is 0. The van der Waals surface area contributed by atoms with E-state index >= 15 is 0 Å². The van der Waals surface area contributed by atoms with Crippen molar-refractivity contribution in [1.29, 1.82) is 0 Å². The summed E-state index contributed by atoms with van der Waals surface area (Å²) in [6.07, 6.45) is 2.12. The first-order chi connectivity index (χ1) is 12.2. The Hall–Kier alpha value is -1.30. The quantitative estimate of drug-likeness (QED) is 0.693. The second-order valence-electron chi connectivity index (χ2n) is 7.21. The molecule has 0 aliphatic carbocycles. The predicted octanol–water partition coefficient (Wildman–Crippen LogP) is 4.06. The van der Waals surface area contributed by atoms with Crippen LogP contribution in [0.5, 0.6) is 5.75 Å². The van der Waals surface area contributed by atoms with E-state index in [1.807, 2.05) is 0 Å². The van der Waals surface area contributed by atoms with Crippen molar-refractivity contribution in [2.24, 2.45) is 0 Å². The molecule has 0 saturated carbocycles. The average Bonchev–Trinajstić information content (AvgIpc) is 3.12. The molecule has 1 atom stereocenters. The van der Waals surface area contributed by atoms with Gasteiger partial charge >= 0.3 is 0 Å². The maximum atomic E-state index is 5.46. The molecule has 0 spiro atoms. The summed E-state index contributed by atoms with van der Waals surface area (Å²) in [7, 11) is 4.45. The van der Waals surface area contributed by atoms with Crippen LogP contribution in [-0.4, -0.2) is 43.5 Å². The second kappa shape index (κ2) is 9.76. The Kier molecular flexibility index (Phi) is 7.95. The van der Waals surface area contributed by atoms with Gasteiger partial charge in [-0.2, -0.15) is 4.89 Å². The van der Waals surface area contributed by atoms with Crippen LogP contribution in [0, 0.1) is 0 Å². The standard InChI is InChI=1S/C21H26N2O2.2ClH/c1-22(12-10-16-6-4-3-5-7-16)14-20-18-9-8-17-15-24-25-21(17)19(18)11-13-23(20)2;;/h3-9,20H,10-15H2,1-2H3;2*1H. The van der Waals surface area contributed by atoms with Crippen LogP contribution >= 0.6 is 24.8 Å². The Morgan fingerprint density at radius 2 is 1.89 bits per heavy atom. The van der Waals surface area contributed by atoms with Gasteiger partial charge in [0.2, 0.25) is 0 Å². The molecule has 148 valence electrons. The normalized spacial score (nSPS) is 18.1. The Balaban J connectivity index is 0.00000131. The van der Waals surface area contributed by atoms with Crippen molar-refractivity contribution in [3.05, 3.63) is 64.7 Å². The summed E-state index contributed by atoms with van der Waals surface area (Å²) in [5.41, 5.74) is 5.31. The van der Waals surface area contributed by atoms with E-state index in [1.54, 1.807) is 0 Å². The van der Waals surface area contributed by atoms with Gasteiger partial charge in [-0.15, -0.1) is 24.8 Å². The van der Waals surface area contributed by atoms with Crippen molar-refractivity contribution < 1.29 is 9.78 Å². The fourth-order valence-electron chi connectivity index (χ4n) is 3.90. The van der Waals surface area contributed by atoms with Gasteiger partial charge in [0.1, 0.15) is 6.61 Å². The molecule has 1 unspecified atom stereocenters. The molecule has 4 rings (SSSR count). The Labute approximate surface area is 174 Å². The van der Waals surface area contributed by atoms with Crippen molar-refractivity contribution >= 4 is 24.8 Å². The minimum atomic E-state index is 0. The topological polar surface area (TPSA) is 24.9 Å². The van der Waals surface area contributed by atoms with E-state index in [2.05, 4.69) is 66.4 Å². The third-order valence-electron chi connectivity index (χ3n) is 5.45. The van der Waals surface area contributed by atoms with Gasteiger partial charge < -0.3 is 9.79 Å². The van der Waals surface area contributed by atoms with Gasteiger partial charge in [-0.1, -0.05) is 42.5 Å². The molecule has 0 N–H and O–H groups in total. The van der Waals surface area contributed by atoms with Crippen LogP contribution in [0.15, 0.2) is 42.5 Å². The van der Waals surface area contributed by atoms with E-state index < -0.39 is 0 Å². The minimum Gasteiger partial charge on any atom is -0.337 e. The fourth-order valence-corrected chi connectivity index (χ4v) is 3.90. The molecule has 6 heteroatoms. The van der Waals surface area contributed by atoms with Crippen molar-refractivity contribution in [3.8, 4) is 5.75 Å². The Morgan fingerprint density at radius 3 is 2.67 bits per heavy atom. The number of nitrogens with zero attached hydrogens (tertiary/aromatic N) is 2. The van der Waals surface area contributed by atoms with Gasteiger partial charge in [0.05, 0.1) is 0 Å². The zero-order valence-corrected chi connectivity index (χ0v) is 17.5. The van der Waals surface area contributed by atoms with E-state index in [9.17, 15) is 0 Å². The van der Waals surface area contributed by atoms with Crippen LogP contribution in [0.2, 0.25) is 0 Å². The molecule has 4 nitrogen and oxygen atoms in total. The van der Waals surface area contributed by atoms with Gasteiger partial charge in [-0.3, -0.25) is 4.90 Å². The molecule has 0 saturated heterocycles. The van der Waals surface area contributed by atoms with Crippen molar-refractivity contribution in [2.75, 3.05) is 33.7 Å². The van der Waals surface area contributed by atoms with Crippen LogP contribution in [0.25, 0.3) is 0 Å². The molecular formula is C21H28Cl2N2O2. The molecule has 0 aromatic heterocycles. The highest BCUT2D eigenvalue weighted by atomic mass is 35.5. The van der Waals surface area contributed by atoms with Gasteiger partial charge in [0.25, 0.3) is 0 Å². The van der Waals surface area contributed by atoms with Gasteiger partial charge in [0, 0.05) is 36.8 Å².